The van der Waals surface area contributed by atoms with Gasteiger partial charge in [0.1, 0.15) is 0 Å². The van der Waals surface area contributed by atoms with Crippen molar-refractivity contribution in [2.45, 2.75) is 39.7 Å². The van der Waals surface area contributed by atoms with E-state index in [0.29, 0.717) is 6.54 Å². The number of pyridine rings is 1. The molecule has 1 unspecified atom stereocenters. The number of rotatable bonds is 6. The van der Waals surface area contributed by atoms with Crippen LogP contribution >= 0.6 is 0 Å². The molecular weight excluding hydrogens is 212 g/mol. The summed E-state index contributed by atoms with van der Waals surface area (Å²) in [6.07, 6.45) is 5.18. The molecule has 0 spiro atoms. The van der Waals surface area contributed by atoms with Gasteiger partial charge in [0.25, 0.3) is 0 Å². The molecule has 17 heavy (non-hydrogen) atoms. The predicted octanol–water partition coefficient (Wildman–Crippen LogP) is 2.01. The average Bonchev–Trinajstić information content (AvgIpc) is 2.23. The van der Waals surface area contributed by atoms with E-state index in [1.54, 1.807) is 6.20 Å². The Morgan fingerprint density at radius 1 is 1.41 bits per heavy atom. The van der Waals surface area contributed by atoms with Crippen LogP contribution in [-0.2, 0) is 6.42 Å². The first kappa shape index (κ1) is 14.1. The molecule has 1 aromatic rings. The van der Waals surface area contributed by atoms with Crippen LogP contribution in [0.2, 0.25) is 0 Å². The van der Waals surface area contributed by atoms with Gasteiger partial charge in [0, 0.05) is 18.9 Å². The molecule has 3 nitrogen and oxygen atoms in total. The molecule has 96 valence electrons. The molecule has 3 heteroatoms. The van der Waals surface area contributed by atoms with Gasteiger partial charge < -0.3 is 10.4 Å². The van der Waals surface area contributed by atoms with E-state index in [-0.39, 0.29) is 11.5 Å². The van der Waals surface area contributed by atoms with Gasteiger partial charge in [-0.25, -0.2) is 0 Å². The Kier molecular flexibility index (Phi) is 5.59. The average molecular weight is 236 g/mol. The van der Waals surface area contributed by atoms with E-state index >= 15 is 0 Å². The molecule has 0 bridgehead atoms. The van der Waals surface area contributed by atoms with Crippen molar-refractivity contribution in [3.8, 4) is 0 Å². The molecule has 0 aliphatic carbocycles. The van der Waals surface area contributed by atoms with E-state index in [9.17, 15) is 5.11 Å². The van der Waals surface area contributed by atoms with E-state index in [4.69, 9.17) is 0 Å². The van der Waals surface area contributed by atoms with Gasteiger partial charge in [0.2, 0.25) is 0 Å². The van der Waals surface area contributed by atoms with Crippen molar-refractivity contribution in [2.75, 3.05) is 13.1 Å². The zero-order valence-corrected chi connectivity index (χ0v) is 11.1. The summed E-state index contributed by atoms with van der Waals surface area (Å²) in [5, 5.41) is 13.1. The summed E-state index contributed by atoms with van der Waals surface area (Å²) in [6.45, 7) is 7.98. The maximum absolute atomic E-state index is 9.81. The van der Waals surface area contributed by atoms with Gasteiger partial charge in [-0.15, -0.1) is 0 Å². The number of aliphatic hydroxyl groups excluding tert-OH is 1. The van der Waals surface area contributed by atoms with Gasteiger partial charge >= 0.3 is 0 Å². The third-order valence-electron chi connectivity index (χ3n) is 2.54. The standard InChI is InChI=1S/C14H24N2O/c1-14(2,3)9-13(17)11-16-8-6-12-5-4-7-15-10-12/h4-5,7,10,13,16-17H,6,8-9,11H2,1-3H3. The quantitative estimate of drug-likeness (QED) is 0.743. The van der Waals surface area contributed by atoms with Gasteiger partial charge in [0.05, 0.1) is 6.10 Å². The number of hydrogen-bond donors (Lipinski definition) is 2. The van der Waals surface area contributed by atoms with Crippen LogP contribution in [0, 0.1) is 5.41 Å². The molecule has 0 amide bonds. The minimum atomic E-state index is -0.260. The second-order valence-corrected chi connectivity index (χ2v) is 5.73. The molecule has 0 aromatic carbocycles. The van der Waals surface area contributed by atoms with Crippen molar-refractivity contribution < 1.29 is 5.11 Å². The summed E-state index contributed by atoms with van der Waals surface area (Å²) in [5.74, 6) is 0. The fourth-order valence-electron chi connectivity index (χ4n) is 1.83. The smallest absolute Gasteiger partial charge is 0.0669 e. The lowest BCUT2D eigenvalue weighted by Gasteiger charge is -2.22. The highest BCUT2D eigenvalue weighted by Gasteiger charge is 2.15. The Morgan fingerprint density at radius 2 is 2.18 bits per heavy atom. The van der Waals surface area contributed by atoms with E-state index in [1.165, 1.54) is 5.56 Å². The van der Waals surface area contributed by atoms with Crippen LogP contribution in [0.15, 0.2) is 24.5 Å². The monoisotopic (exact) mass is 236 g/mol. The summed E-state index contributed by atoms with van der Waals surface area (Å²) in [4.78, 5) is 4.07. The van der Waals surface area contributed by atoms with Crippen LogP contribution in [0.25, 0.3) is 0 Å². The highest BCUT2D eigenvalue weighted by atomic mass is 16.3. The third kappa shape index (κ3) is 7.08. The maximum atomic E-state index is 9.81. The summed E-state index contributed by atoms with van der Waals surface area (Å²) < 4.78 is 0. The highest BCUT2D eigenvalue weighted by molar-refractivity contribution is 5.08. The lowest BCUT2D eigenvalue weighted by molar-refractivity contribution is 0.120. The van der Waals surface area contributed by atoms with Crippen molar-refractivity contribution >= 4 is 0 Å². The molecule has 1 atom stereocenters. The molecule has 0 radical (unpaired) electrons. The van der Waals surface area contributed by atoms with Crippen molar-refractivity contribution in [1.29, 1.82) is 0 Å². The molecule has 1 heterocycles. The molecule has 0 saturated carbocycles. The minimum Gasteiger partial charge on any atom is -0.392 e. The number of nitrogens with zero attached hydrogens (tertiary/aromatic N) is 1. The molecular formula is C14H24N2O. The van der Waals surface area contributed by atoms with Crippen LogP contribution in [0.5, 0.6) is 0 Å². The fraction of sp³-hybridized carbons (Fsp3) is 0.643. The Hall–Kier alpha value is -0.930. The van der Waals surface area contributed by atoms with Crippen LogP contribution in [0.3, 0.4) is 0 Å². The Labute approximate surface area is 104 Å². The maximum Gasteiger partial charge on any atom is 0.0669 e. The first-order chi connectivity index (χ1) is 7.97. The Morgan fingerprint density at radius 3 is 2.76 bits per heavy atom. The molecule has 0 aliphatic rings. The van der Waals surface area contributed by atoms with Crippen molar-refractivity contribution in [2.24, 2.45) is 5.41 Å². The largest absolute Gasteiger partial charge is 0.392 e. The molecule has 2 N–H and O–H groups in total. The zero-order valence-electron chi connectivity index (χ0n) is 11.1. The summed E-state index contributed by atoms with van der Waals surface area (Å²) >= 11 is 0. The fourth-order valence-corrected chi connectivity index (χ4v) is 1.83. The highest BCUT2D eigenvalue weighted by Crippen LogP contribution is 2.20. The zero-order chi connectivity index (χ0) is 12.7. The SMILES string of the molecule is CC(C)(C)CC(O)CNCCc1cccnc1. The van der Waals surface area contributed by atoms with Gasteiger partial charge in [-0.2, -0.15) is 0 Å². The second kappa shape index (κ2) is 6.72. The predicted molar refractivity (Wildman–Crippen MR) is 70.9 cm³/mol. The molecule has 1 rings (SSSR count). The Balaban J connectivity index is 2.12. The summed E-state index contributed by atoms with van der Waals surface area (Å²) in [7, 11) is 0. The van der Waals surface area contributed by atoms with Crippen molar-refractivity contribution in [3.63, 3.8) is 0 Å². The van der Waals surface area contributed by atoms with Crippen LogP contribution < -0.4 is 5.32 Å². The second-order valence-electron chi connectivity index (χ2n) is 5.73. The first-order valence-electron chi connectivity index (χ1n) is 6.25. The van der Waals surface area contributed by atoms with Crippen molar-refractivity contribution in [1.82, 2.24) is 10.3 Å². The molecule has 0 aliphatic heterocycles. The van der Waals surface area contributed by atoms with E-state index in [1.807, 2.05) is 12.3 Å². The summed E-state index contributed by atoms with van der Waals surface area (Å²) in [5.41, 5.74) is 1.41. The van der Waals surface area contributed by atoms with Gasteiger partial charge in [-0.3, -0.25) is 4.98 Å². The van der Waals surface area contributed by atoms with E-state index in [0.717, 1.165) is 19.4 Å². The number of hydrogen-bond acceptors (Lipinski definition) is 3. The first-order valence-corrected chi connectivity index (χ1v) is 6.25. The number of aromatic nitrogens is 1. The number of aliphatic hydroxyl groups is 1. The lowest BCUT2D eigenvalue weighted by atomic mass is 9.89. The van der Waals surface area contributed by atoms with E-state index in [2.05, 4.69) is 37.1 Å². The molecule has 0 fully saturated rings. The van der Waals surface area contributed by atoms with E-state index < -0.39 is 0 Å². The van der Waals surface area contributed by atoms with Gasteiger partial charge in [0.15, 0.2) is 0 Å². The molecule has 0 saturated heterocycles. The normalized spacial score (nSPS) is 13.6. The molecule has 1 aromatic heterocycles. The summed E-state index contributed by atoms with van der Waals surface area (Å²) in [6, 6.07) is 4.02. The van der Waals surface area contributed by atoms with Crippen LogP contribution in [-0.4, -0.2) is 29.3 Å². The van der Waals surface area contributed by atoms with Gasteiger partial charge in [-0.05, 0) is 36.4 Å². The third-order valence-corrected chi connectivity index (χ3v) is 2.54. The van der Waals surface area contributed by atoms with Crippen molar-refractivity contribution in [3.05, 3.63) is 30.1 Å². The minimum absolute atomic E-state index is 0.185. The lowest BCUT2D eigenvalue weighted by Crippen LogP contribution is -2.31. The van der Waals surface area contributed by atoms with Gasteiger partial charge in [-0.1, -0.05) is 26.8 Å². The Bertz CT molecular complexity index is 306. The number of nitrogens with one attached hydrogen (secondary N) is 1. The topological polar surface area (TPSA) is 45.1 Å². The van der Waals surface area contributed by atoms with Crippen LogP contribution in [0.4, 0.5) is 0 Å². The van der Waals surface area contributed by atoms with Crippen LogP contribution in [0.1, 0.15) is 32.8 Å².